The molecule has 1 heterocycles. The summed E-state index contributed by atoms with van der Waals surface area (Å²) in [6, 6.07) is 13.3. The van der Waals surface area contributed by atoms with Gasteiger partial charge in [-0.05, 0) is 68.3 Å². The van der Waals surface area contributed by atoms with E-state index in [0.717, 1.165) is 11.4 Å². The number of hydrogen-bond acceptors (Lipinski definition) is 5. The fourth-order valence-corrected chi connectivity index (χ4v) is 2.47. The van der Waals surface area contributed by atoms with E-state index < -0.39 is 0 Å². The zero-order chi connectivity index (χ0) is 19.2. The molecule has 6 heteroatoms. The van der Waals surface area contributed by atoms with Crippen LogP contribution in [-0.4, -0.2) is 22.5 Å². The van der Waals surface area contributed by atoms with Gasteiger partial charge in [0.25, 0.3) is 5.91 Å². The van der Waals surface area contributed by atoms with Gasteiger partial charge in [0.1, 0.15) is 17.3 Å². The molecule has 0 aliphatic rings. The van der Waals surface area contributed by atoms with Crippen LogP contribution in [-0.2, 0) is 0 Å². The van der Waals surface area contributed by atoms with E-state index in [1.54, 1.807) is 30.5 Å². The third kappa shape index (κ3) is 4.82. The van der Waals surface area contributed by atoms with Gasteiger partial charge < -0.3 is 15.4 Å². The van der Waals surface area contributed by atoms with Gasteiger partial charge in [-0.2, -0.15) is 0 Å². The molecule has 0 aliphatic carbocycles. The molecule has 3 rings (SSSR count). The summed E-state index contributed by atoms with van der Waals surface area (Å²) in [5, 5.41) is 5.98. The van der Waals surface area contributed by atoms with Gasteiger partial charge in [-0.25, -0.2) is 9.97 Å². The normalized spacial score (nSPS) is 10.3. The van der Waals surface area contributed by atoms with Crippen molar-refractivity contribution in [2.45, 2.75) is 20.8 Å². The third-order valence-corrected chi connectivity index (χ3v) is 4.09. The van der Waals surface area contributed by atoms with Gasteiger partial charge in [0.2, 0.25) is 0 Å². The highest BCUT2D eigenvalue weighted by Gasteiger charge is 2.09. The van der Waals surface area contributed by atoms with E-state index in [2.05, 4.69) is 34.4 Å². The van der Waals surface area contributed by atoms with Crippen molar-refractivity contribution in [1.82, 2.24) is 9.97 Å². The Morgan fingerprint density at radius 2 is 1.70 bits per heavy atom. The second-order valence-corrected chi connectivity index (χ2v) is 6.12. The summed E-state index contributed by atoms with van der Waals surface area (Å²) in [5.41, 5.74) is 4.27. The van der Waals surface area contributed by atoms with E-state index in [9.17, 15) is 4.79 Å². The number of benzene rings is 2. The van der Waals surface area contributed by atoms with E-state index in [0.29, 0.717) is 18.1 Å². The maximum absolute atomic E-state index is 12.3. The maximum atomic E-state index is 12.3. The largest absolute Gasteiger partial charge is 0.494 e. The molecule has 0 atom stereocenters. The molecule has 0 spiro atoms. The van der Waals surface area contributed by atoms with E-state index in [4.69, 9.17) is 4.74 Å². The third-order valence-electron chi connectivity index (χ3n) is 4.09. The molecule has 0 saturated heterocycles. The number of anilines is 3. The van der Waals surface area contributed by atoms with Crippen molar-refractivity contribution in [2.75, 3.05) is 17.2 Å². The molecule has 0 fully saturated rings. The summed E-state index contributed by atoms with van der Waals surface area (Å²) < 4.78 is 5.38. The highest BCUT2D eigenvalue weighted by Crippen LogP contribution is 2.19. The van der Waals surface area contributed by atoms with Gasteiger partial charge >= 0.3 is 0 Å². The van der Waals surface area contributed by atoms with Crippen LogP contribution in [0.4, 0.5) is 17.2 Å². The summed E-state index contributed by atoms with van der Waals surface area (Å²) in [5.74, 6) is 1.03. The number of aromatic nitrogens is 2. The molecule has 138 valence electrons. The molecule has 2 N–H and O–H groups in total. The van der Waals surface area contributed by atoms with Crippen molar-refractivity contribution < 1.29 is 9.53 Å². The van der Waals surface area contributed by atoms with Crippen LogP contribution in [0.2, 0.25) is 0 Å². The van der Waals surface area contributed by atoms with Gasteiger partial charge in [0, 0.05) is 11.4 Å². The van der Waals surface area contributed by atoms with Crippen molar-refractivity contribution >= 4 is 23.1 Å². The molecule has 6 nitrogen and oxygen atoms in total. The molecule has 0 saturated carbocycles. The molecule has 1 amide bonds. The second kappa shape index (κ2) is 8.31. The number of carbonyl (C=O) groups is 1. The lowest BCUT2D eigenvalue weighted by Gasteiger charge is -2.09. The fourth-order valence-electron chi connectivity index (χ4n) is 2.47. The lowest BCUT2D eigenvalue weighted by molar-refractivity contribution is 0.102. The molecule has 1 aromatic heterocycles. The summed E-state index contributed by atoms with van der Waals surface area (Å²) in [6.45, 7) is 6.65. The molecule has 0 unspecified atom stereocenters. The van der Waals surface area contributed by atoms with Gasteiger partial charge in [-0.3, -0.25) is 4.79 Å². The van der Waals surface area contributed by atoms with Crippen LogP contribution in [0.5, 0.6) is 5.75 Å². The van der Waals surface area contributed by atoms with E-state index in [-0.39, 0.29) is 11.6 Å². The average molecular weight is 362 g/mol. The van der Waals surface area contributed by atoms with Crippen molar-refractivity contribution in [3.63, 3.8) is 0 Å². The number of nitrogens with zero attached hydrogens (tertiary/aromatic N) is 2. The smallest absolute Gasteiger partial charge is 0.275 e. The zero-order valence-corrected chi connectivity index (χ0v) is 15.6. The van der Waals surface area contributed by atoms with E-state index in [1.165, 1.54) is 17.3 Å². The maximum Gasteiger partial charge on any atom is 0.275 e. The van der Waals surface area contributed by atoms with Gasteiger partial charge in [0.15, 0.2) is 0 Å². The second-order valence-electron chi connectivity index (χ2n) is 6.12. The molecule has 27 heavy (non-hydrogen) atoms. The highest BCUT2D eigenvalue weighted by molar-refractivity contribution is 6.02. The summed E-state index contributed by atoms with van der Waals surface area (Å²) in [6.07, 6.45) is 3.00. The Balaban J connectivity index is 1.63. The first kappa shape index (κ1) is 18.4. The minimum absolute atomic E-state index is 0.245. The van der Waals surface area contributed by atoms with Crippen molar-refractivity contribution in [3.05, 3.63) is 71.7 Å². The van der Waals surface area contributed by atoms with Crippen LogP contribution < -0.4 is 15.4 Å². The molecule has 2 aromatic carbocycles. The lowest BCUT2D eigenvalue weighted by atomic mass is 10.1. The molecule has 3 aromatic rings. The predicted molar refractivity (Wildman–Crippen MR) is 107 cm³/mol. The minimum atomic E-state index is -0.315. The summed E-state index contributed by atoms with van der Waals surface area (Å²) in [4.78, 5) is 20.8. The average Bonchev–Trinajstić information content (AvgIpc) is 2.67. The lowest BCUT2D eigenvalue weighted by Crippen LogP contribution is -2.14. The van der Waals surface area contributed by atoms with Gasteiger partial charge in [-0.15, -0.1) is 0 Å². The number of carbonyl (C=O) groups excluding carboxylic acids is 1. The molecule has 0 bridgehead atoms. The molecule has 0 aliphatic heterocycles. The van der Waals surface area contributed by atoms with Crippen LogP contribution in [0.25, 0.3) is 0 Å². The number of hydrogen-bond donors (Lipinski definition) is 2. The first-order valence-corrected chi connectivity index (χ1v) is 8.75. The monoisotopic (exact) mass is 362 g/mol. The Morgan fingerprint density at radius 3 is 2.33 bits per heavy atom. The quantitative estimate of drug-likeness (QED) is 0.676. The van der Waals surface area contributed by atoms with Crippen LogP contribution in [0.3, 0.4) is 0 Å². The number of amides is 1. The Bertz CT molecular complexity index is 922. The van der Waals surface area contributed by atoms with Crippen LogP contribution in [0.1, 0.15) is 28.5 Å². The molecular formula is C21H22N4O2. The van der Waals surface area contributed by atoms with Gasteiger partial charge in [-0.1, -0.05) is 6.07 Å². The Morgan fingerprint density at radius 1 is 0.963 bits per heavy atom. The van der Waals surface area contributed by atoms with Gasteiger partial charge in [0.05, 0.1) is 19.0 Å². The number of ether oxygens (including phenoxy) is 1. The Kier molecular flexibility index (Phi) is 5.66. The standard InChI is InChI=1S/C21H22N4O2/c1-4-27-18-9-7-16(8-10-18)25-21(26)19-12-23-20(13-22-19)24-17-6-5-14(2)15(3)11-17/h5-13H,4H2,1-3H3,(H,23,24)(H,25,26). The predicted octanol–water partition coefficient (Wildman–Crippen LogP) is 4.49. The summed E-state index contributed by atoms with van der Waals surface area (Å²) >= 11 is 0. The Labute approximate surface area is 158 Å². The van der Waals surface area contributed by atoms with Crippen LogP contribution in [0, 0.1) is 13.8 Å². The molecular weight excluding hydrogens is 340 g/mol. The highest BCUT2D eigenvalue weighted by atomic mass is 16.5. The van der Waals surface area contributed by atoms with E-state index in [1.807, 2.05) is 25.1 Å². The van der Waals surface area contributed by atoms with Crippen molar-refractivity contribution in [3.8, 4) is 5.75 Å². The first-order valence-electron chi connectivity index (χ1n) is 8.75. The minimum Gasteiger partial charge on any atom is -0.494 e. The van der Waals surface area contributed by atoms with E-state index >= 15 is 0 Å². The summed E-state index contributed by atoms with van der Waals surface area (Å²) in [7, 11) is 0. The number of nitrogens with one attached hydrogen (secondary N) is 2. The van der Waals surface area contributed by atoms with Crippen LogP contribution in [0.15, 0.2) is 54.9 Å². The van der Waals surface area contributed by atoms with Crippen molar-refractivity contribution in [1.29, 1.82) is 0 Å². The number of rotatable bonds is 6. The van der Waals surface area contributed by atoms with Crippen molar-refractivity contribution in [2.24, 2.45) is 0 Å². The Hall–Kier alpha value is -3.41. The molecule has 0 radical (unpaired) electrons. The first-order chi connectivity index (χ1) is 13.0. The SMILES string of the molecule is CCOc1ccc(NC(=O)c2cnc(Nc3ccc(C)c(C)c3)cn2)cc1. The van der Waals surface area contributed by atoms with Crippen LogP contribution >= 0.6 is 0 Å². The number of aryl methyl sites for hydroxylation is 2. The topological polar surface area (TPSA) is 76.1 Å². The fraction of sp³-hybridized carbons (Fsp3) is 0.190. The zero-order valence-electron chi connectivity index (χ0n) is 15.6.